The highest BCUT2D eigenvalue weighted by Crippen LogP contribution is 2.86. The highest BCUT2D eigenvalue weighted by atomic mass is 16.6. The van der Waals surface area contributed by atoms with Gasteiger partial charge >= 0.3 is 11.9 Å². The van der Waals surface area contributed by atoms with Crippen molar-refractivity contribution in [2.75, 3.05) is 14.2 Å². The van der Waals surface area contributed by atoms with E-state index < -0.39 is 11.9 Å². The van der Waals surface area contributed by atoms with Gasteiger partial charge in [0.15, 0.2) is 0 Å². The molecular weight excluding hydrogens is 356 g/mol. The Hall–Kier alpha value is -2.40. The minimum Gasteiger partial charge on any atom is -0.466 e. The van der Waals surface area contributed by atoms with E-state index in [0.29, 0.717) is 23.0 Å². The Labute approximate surface area is 163 Å². The van der Waals surface area contributed by atoms with Crippen LogP contribution in [0.4, 0.5) is 0 Å². The molecular formula is C23H22O5. The van der Waals surface area contributed by atoms with Gasteiger partial charge in [-0.15, -0.1) is 0 Å². The van der Waals surface area contributed by atoms with Crippen molar-refractivity contribution in [3.63, 3.8) is 0 Å². The molecule has 1 saturated heterocycles. The lowest BCUT2D eigenvalue weighted by atomic mass is 9.69. The number of hydrogen-bond acceptors (Lipinski definition) is 5. The summed E-state index contributed by atoms with van der Waals surface area (Å²) in [4.78, 5) is 25.6. The molecule has 4 bridgehead atoms. The van der Waals surface area contributed by atoms with Gasteiger partial charge in [0.1, 0.15) is 11.2 Å². The van der Waals surface area contributed by atoms with E-state index in [1.54, 1.807) is 0 Å². The second-order valence-corrected chi connectivity index (χ2v) is 8.63. The van der Waals surface area contributed by atoms with Crippen molar-refractivity contribution in [1.82, 2.24) is 0 Å². The lowest BCUT2D eigenvalue weighted by Gasteiger charge is -2.29. The molecule has 0 N–H and O–H groups in total. The van der Waals surface area contributed by atoms with Crippen molar-refractivity contribution in [3.8, 4) is 0 Å². The maximum Gasteiger partial charge on any atom is 0.335 e. The van der Waals surface area contributed by atoms with Crippen LogP contribution in [0.1, 0.15) is 24.8 Å². The molecule has 4 fully saturated rings. The van der Waals surface area contributed by atoms with E-state index in [1.807, 2.05) is 30.3 Å². The molecule has 0 unspecified atom stereocenters. The molecule has 1 aromatic rings. The van der Waals surface area contributed by atoms with Gasteiger partial charge in [0, 0.05) is 11.8 Å². The van der Waals surface area contributed by atoms with Crippen LogP contribution in [0.25, 0.3) is 6.08 Å². The Balaban J connectivity index is 1.59. The third-order valence-electron chi connectivity index (χ3n) is 7.89. The van der Waals surface area contributed by atoms with Gasteiger partial charge in [0.05, 0.1) is 25.4 Å². The maximum absolute atomic E-state index is 12.8. The number of benzene rings is 1. The van der Waals surface area contributed by atoms with Gasteiger partial charge < -0.3 is 14.2 Å². The van der Waals surface area contributed by atoms with Crippen LogP contribution in [-0.4, -0.2) is 37.4 Å². The van der Waals surface area contributed by atoms with Crippen molar-refractivity contribution in [1.29, 1.82) is 0 Å². The molecule has 0 amide bonds. The van der Waals surface area contributed by atoms with Crippen LogP contribution in [0.5, 0.6) is 0 Å². The van der Waals surface area contributed by atoms with Gasteiger partial charge in [-0.1, -0.05) is 36.4 Å². The Morgan fingerprint density at radius 2 is 1.50 bits per heavy atom. The predicted octanol–water partition coefficient (Wildman–Crippen LogP) is 2.91. The van der Waals surface area contributed by atoms with E-state index in [9.17, 15) is 9.59 Å². The van der Waals surface area contributed by atoms with Crippen LogP contribution >= 0.6 is 0 Å². The summed E-state index contributed by atoms with van der Waals surface area (Å²) in [5, 5.41) is 0. The molecule has 1 aromatic carbocycles. The lowest BCUT2D eigenvalue weighted by Crippen LogP contribution is -2.42. The fourth-order valence-corrected chi connectivity index (χ4v) is 7.18. The van der Waals surface area contributed by atoms with Gasteiger partial charge in [-0.2, -0.15) is 0 Å². The highest BCUT2D eigenvalue weighted by Gasteiger charge is 2.94. The minimum atomic E-state index is -0.437. The lowest BCUT2D eigenvalue weighted by molar-refractivity contribution is -0.140. The van der Waals surface area contributed by atoms with Crippen LogP contribution in [0.3, 0.4) is 0 Å². The summed E-state index contributed by atoms with van der Waals surface area (Å²) in [6, 6.07) is 10.1. The molecule has 3 saturated carbocycles. The summed E-state index contributed by atoms with van der Waals surface area (Å²) >= 11 is 0. The Kier molecular flexibility index (Phi) is 3.04. The SMILES string of the molecule is COC(=O)C1=C(C(=O)OC)[C@H]2C(=Cc3ccccc3)[C@H]1[C@@]13O[C@]21[C@H]1CC[C@H]3C1. The standard InChI is InChI=1S/C23H22O5/c1-26-20(24)16-17(21(25)27-2)19-15(10-12-6-4-3-5-7-12)18(16)22-13-8-9-14(11-13)23(19,22)28-22/h3-7,10,13-14,18-19H,8-9,11H2,1-2H3/t13-,14-,18+,19+,22+,23+/m0/s1. The number of ether oxygens (including phenoxy) is 3. The topological polar surface area (TPSA) is 65.1 Å². The fourth-order valence-electron chi connectivity index (χ4n) is 7.18. The zero-order valence-electron chi connectivity index (χ0n) is 15.9. The second-order valence-electron chi connectivity index (χ2n) is 8.63. The monoisotopic (exact) mass is 378 g/mol. The summed E-state index contributed by atoms with van der Waals surface area (Å²) < 4.78 is 16.8. The van der Waals surface area contributed by atoms with E-state index in [0.717, 1.165) is 30.4 Å². The second kappa shape index (κ2) is 5.15. The largest absolute Gasteiger partial charge is 0.466 e. The van der Waals surface area contributed by atoms with Crippen LogP contribution < -0.4 is 0 Å². The molecule has 28 heavy (non-hydrogen) atoms. The number of methoxy groups -OCH3 is 2. The first-order valence-corrected chi connectivity index (χ1v) is 9.97. The average Bonchev–Trinajstić information content (AvgIpc) is 3.02. The van der Waals surface area contributed by atoms with Crippen LogP contribution in [0.2, 0.25) is 0 Å². The van der Waals surface area contributed by atoms with Crippen molar-refractivity contribution >= 4 is 18.0 Å². The quantitative estimate of drug-likeness (QED) is 0.598. The molecule has 6 atom stereocenters. The van der Waals surface area contributed by atoms with Crippen LogP contribution in [-0.2, 0) is 23.8 Å². The van der Waals surface area contributed by atoms with Crippen LogP contribution in [0.15, 0.2) is 47.1 Å². The van der Waals surface area contributed by atoms with Gasteiger partial charge in [-0.05, 0) is 42.2 Å². The molecule has 5 heteroatoms. The molecule has 5 nitrogen and oxygen atoms in total. The van der Waals surface area contributed by atoms with Crippen LogP contribution in [0, 0.1) is 23.7 Å². The van der Waals surface area contributed by atoms with Gasteiger partial charge in [-0.3, -0.25) is 0 Å². The molecule has 0 spiro atoms. The molecule has 1 aliphatic heterocycles. The Bertz CT molecular complexity index is 922. The molecule has 0 aromatic heterocycles. The summed E-state index contributed by atoms with van der Waals surface area (Å²) in [5.74, 6) is -0.401. The summed E-state index contributed by atoms with van der Waals surface area (Å²) in [6.07, 6.45) is 5.55. The molecule has 4 aliphatic carbocycles. The number of carbonyl (C=O) groups excluding carboxylic acids is 2. The smallest absolute Gasteiger partial charge is 0.335 e. The van der Waals surface area contributed by atoms with E-state index in [1.165, 1.54) is 14.2 Å². The number of esters is 2. The highest BCUT2D eigenvalue weighted by molar-refractivity contribution is 6.06. The van der Waals surface area contributed by atoms with Gasteiger partial charge in [0.25, 0.3) is 0 Å². The maximum atomic E-state index is 12.8. The molecule has 144 valence electrons. The van der Waals surface area contributed by atoms with Gasteiger partial charge in [-0.25, -0.2) is 9.59 Å². The Morgan fingerprint density at radius 1 is 0.964 bits per heavy atom. The third kappa shape index (κ3) is 1.57. The summed E-state index contributed by atoms with van der Waals surface area (Å²) in [7, 11) is 2.74. The number of rotatable bonds is 3. The molecule has 5 aliphatic rings. The summed E-state index contributed by atoms with van der Waals surface area (Å²) in [6.45, 7) is 0. The fraction of sp³-hybridized carbons (Fsp3) is 0.478. The molecule has 0 radical (unpaired) electrons. The van der Waals surface area contributed by atoms with E-state index in [2.05, 4.69) is 6.08 Å². The zero-order chi connectivity index (χ0) is 19.3. The van der Waals surface area contributed by atoms with Crippen molar-refractivity contribution in [2.24, 2.45) is 23.7 Å². The first-order valence-electron chi connectivity index (χ1n) is 9.97. The molecule has 1 heterocycles. The van der Waals surface area contributed by atoms with Crippen molar-refractivity contribution in [2.45, 2.75) is 30.5 Å². The number of carbonyl (C=O) groups is 2. The molecule has 6 rings (SSSR count). The normalized spacial score (nSPS) is 41.0. The number of epoxide rings is 1. The number of hydrogen-bond donors (Lipinski definition) is 0. The zero-order valence-corrected chi connectivity index (χ0v) is 15.9. The number of fused-ring (bicyclic) bond motifs is 4. The van der Waals surface area contributed by atoms with Gasteiger partial charge in [0.2, 0.25) is 0 Å². The first kappa shape index (κ1) is 16.5. The Morgan fingerprint density at radius 3 is 2.00 bits per heavy atom. The van der Waals surface area contributed by atoms with E-state index >= 15 is 0 Å². The average molecular weight is 378 g/mol. The van der Waals surface area contributed by atoms with Crippen molar-refractivity contribution in [3.05, 3.63) is 52.6 Å². The van der Waals surface area contributed by atoms with Crippen molar-refractivity contribution < 1.29 is 23.8 Å². The third-order valence-corrected chi connectivity index (χ3v) is 7.89. The van der Waals surface area contributed by atoms with E-state index in [4.69, 9.17) is 14.2 Å². The summed E-state index contributed by atoms with van der Waals surface area (Å²) in [5.41, 5.74) is 2.45. The predicted molar refractivity (Wildman–Crippen MR) is 99.8 cm³/mol. The van der Waals surface area contributed by atoms with E-state index in [-0.39, 0.29) is 23.0 Å². The minimum absolute atomic E-state index is 0.213. The first-order chi connectivity index (χ1) is 13.6.